The number of nitrogens with zero attached hydrogens (tertiary/aromatic N) is 1. The molecule has 0 N–H and O–H groups in total. The van der Waals surface area contributed by atoms with Crippen molar-refractivity contribution in [1.82, 2.24) is 4.57 Å². The summed E-state index contributed by atoms with van der Waals surface area (Å²) < 4.78 is 6.74. The highest BCUT2D eigenvalue weighted by Crippen LogP contribution is 2.17. The number of rotatable bonds is 6. The summed E-state index contributed by atoms with van der Waals surface area (Å²) in [5.41, 5.74) is 2.21. The molecule has 0 aliphatic heterocycles. The predicted octanol–water partition coefficient (Wildman–Crippen LogP) is 2.86. The van der Waals surface area contributed by atoms with E-state index in [9.17, 15) is 9.59 Å². The van der Waals surface area contributed by atoms with Crippen molar-refractivity contribution in [2.24, 2.45) is 0 Å². The van der Waals surface area contributed by atoms with E-state index in [4.69, 9.17) is 4.74 Å². The zero-order chi connectivity index (χ0) is 14.5. The van der Waals surface area contributed by atoms with Crippen LogP contribution in [0.4, 0.5) is 0 Å². The number of Topliss-reactive ketones (excluding diaryl/α,β-unsaturated/α-hetero) is 1. The molecule has 1 heterocycles. The maximum Gasteiger partial charge on any atom is 0.306 e. The number of hydrogen-bond acceptors (Lipinski definition) is 3. The van der Waals surface area contributed by atoms with Gasteiger partial charge >= 0.3 is 5.97 Å². The van der Waals surface area contributed by atoms with Crippen LogP contribution in [0.1, 0.15) is 25.3 Å². The van der Waals surface area contributed by atoms with E-state index in [-0.39, 0.29) is 24.6 Å². The number of fused-ring (bicyclic) bond motifs is 1. The number of benzene rings is 1. The van der Waals surface area contributed by atoms with E-state index >= 15 is 0 Å². The van der Waals surface area contributed by atoms with E-state index in [0.29, 0.717) is 13.2 Å². The molecule has 0 spiro atoms. The molecule has 0 saturated carbocycles. The molecule has 0 unspecified atom stereocenters. The van der Waals surface area contributed by atoms with Crippen LogP contribution >= 0.6 is 0 Å². The summed E-state index contributed by atoms with van der Waals surface area (Å²) >= 11 is 0. The fraction of sp³-hybridized carbons (Fsp3) is 0.375. The van der Waals surface area contributed by atoms with Gasteiger partial charge in [-0.25, -0.2) is 0 Å². The average molecular weight is 273 g/mol. The van der Waals surface area contributed by atoms with Gasteiger partial charge in [0, 0.05) is 18.1 Å². The van der Waals surface area contributed by atoms with Crippen LogP contribution in [0.3, 0.4) is 0 Å². The molecule has 4 heteroatoms. The number of ketones is 1. The molecule has 1 aromatic heterocycles. The Morgan fingerprint density at radius 3 is 2.75 bits per heavy atom. The van der Waals surface area contributed by atoms with Crippen molar-refractivity contribution >= 4 is 22.7 Å². The molecule has 0 fully saturated rings. The molecule has 0 amide bonds. The zero-order valence-electron chi connectivity index (χ0n) is 11.9. The molecule has 0 aliphatic carbocycles. The largest absolute Gasteiger partial charge is 0.466 e. The third kappa shape index (κ3) is 3.47. The van der Waals surface area contributed by atoms with Crippen molar-refractivity contribution in [2.45, 2.75) is 33.2 Å². The molecule has 0 atom stereocenters. The first kappa shape index (κ1) is 14.3. The first-order chi connectivity index (χ1) is 9.60. The van der Waals surface area contributed by atoms with E-state index in [1.807, 2.05) is 29.8 Å². The molecule has 0 aliphatic rings. The van der Waals surface area contributed by atoms with Gasteiger partial charge in [-0.1, -0.05) is 12.1 Å². The van der Waals surface area contributed by atoms with Crippen molar-refractivity contribution in [3.05, 3.63) is 36.0 Å². The van der Waals surface area contributed by atoms with E-state index in [0.717, 1.165) is 16.5 Å². The molecule has 1 aromatic carbocycles. The van der Waals surface area contributed by atoms with Gasteiger partial charge in [-0.05, 0) is 36.9 Å². The second-order valence-electron chi connectivity index (χ2n) is 4.85. The van der Waals surface area contributed by atoms with Crippen LogP contribution in [0.2, 0.25) is 0 Å². The quantitative estimate of drug-likeness (QED) is 0.760. The minimum atomic E-state index is -0.311. The van der Waals surface area contributed by atoms with E-state index in [1.54, 1.807) is 6.92 Å². The van der Waals surface area contributed by atoms with E-state index < -0.39 is 0 Å². The minimum absolute atomic E-state index is 0.0389. The Morgan fingerprint density at radius 1 is 1.20 bits per heavy atom. The summed E-state index contributed by atoms with van der Waals surface area (Å²) in [4.78, 5) is 23.1. The summed E-state index contributed by atoms with van der Waals surface area (Å²) in [6.07, 6.45) is 2.29. The highest BCUT2D eigenvalue weighted by Gasteiger charge is 2.10. The van der Waals surface area contributed by atoms with Gasteiger partial charge in [0.15, 0.2) is 5.78 Å². The van der Waals surface area contributed by atoms with E-state index in [2.05, 4.69) is 12.1 Å². The molecular formula is C16H19NO3. The lowest BCUT2D eigenvalue weighted by atomic mass is 10.2. The van der Waals surface area contributed by atoms with Gasteiger partial charge in [-0.3, -0.25) is 9.59 Å². The number of carbonyl (C=O) groups excluding carboxylic acids is 2. The van der Waals surface area contributed by atoms with Crippen LogP contribution in [-0.2, 0) is 20.9 Å². The normalized spacial score (nSPS) is 10.7. The number of esters is 1. The van der Waals surface area contributed by atoms with Crippen LogP contribution in [0.5, 0.6) is 0 Å². The monoisotopic (exact) mass is 273 g/mol. The molecule has 0 bridgehead atoms. The smallest absolute Gasteiger partial charge is 0.306 e. The fourth-order valence-electron chi connectivity index (χ4n) is 2.18. The molecule has 0 radical (unpaired) electrons. The van der Waals surface area contributed by atoms with Gasteiger partial charge in [0.1, 0.15) is 0 Å². The number of ether oxygens (including phenoxy) is 1. The van der Waals surface area contributed by atoms with Crippen molar-refractivity contribution in [3.63, 3.8) is 0 Å². The first-order valence-electron chi connectivity index (χ1n) is 6.83. The van der Waals surface area contributed by atoms with Crippen LogP contribution in [-0.4, -0.2) is 22.9 Å². The average Bonchev–Trinajstić information content (AvgIpc) is 2.79. The summed E-state index contributed by atoms with van der Waals surface area (Å²) in [6, 6.07) is 8.15. The SMILES string of the molecule is CCOC(=O)CCC(=O)Cn1ccc2ccc(C)cc21. The zero-order valence-corrected chi connectivity index (χ0v) is 11.9. The third-order valence-corrected chi connectivity index (χ3v) is 3.19. The first-order valence-corrected chi connectivity index (χ1v) is 6.83. The number of aryl methyl sites for hydroxylation is 1. The van der Waals surface area contributed by atoms with Crippen molar-refractivity contribution in [2.75, 3.05) is 6.61 Å². The summed E-state index contributed by atoms with van der Waals surface area (Å²) in [6.45, 7) is 4.44. The second-order valence-corrected chi connectivity index (χ2v) is 4.85. The topological polar surface area (TPSA) is 48.3 Å². The highest BCUT2D eigenvalue weighted by molar-refractivity contribution is 5.86. The Kier molecular flexibility index (Phi) is 4.56. The number of hydrogen-bond donors (Lipinski definition) is 0. The maximum atomic E-state index is 11.9. The maximum absolute atomic E-state index is 11.9. The van der Waals surface area contributed by atoms with E-state index in [1.165, 1.54) is 0 Å². The molecular weight excluding hydrogens is 254 g/mol. The molecule has 20 heavy (non-hydrogen) atoms. The summed E-state index contributed by atoms with van der Waals surface area (Å²) in [5, 5.41) is 1.12. The number of aromatic nitrogens is 1. The van der Waals surface area contributed by atoms with Crippen molar-refractivity contribution in [3.8, 4) is 0 Å². The van der Waals surface area contributed by atoms with Gasteiger partial charge in [-0.15, -0.1) is 0 Å². The second kappa shape index (κ2) is 6.37. The number of carbonyl (C=O) groups is 2. The Labute approximate surface area is 118 Å². The molecule has 4 nitrogen and oxygen atoms in total. The standard InChI is InChI=1S/C16H19NO3/c1-3-20-16(19)7-6-14(18)11-17-9-8-13-5-4-12(2)10-15(13)17/h4-5,8-10H,3,6-7,11H2,1-2H3. The van der Waals surface area contributed by atoms with Gasteiger partial charge in [0.05, 0.1) is 19.6 Å². The Hall–Kier alpha value is -2.10. The molecule has 2 rings (SSSR count). The Bertz CT molecular complexity index is 628. The highest BCUT2D eigenvalue weighted by atomic mass is 16.5. The van der Waals surface area contributed by atoms with Crippen LogP contribution in [0.15, 0.2) is 30.5 Å². The summed E-state index contributed by atoms with van der Waals surface area (Å²) in [7, 11) is 0. The fourth-order valence-corrected chi connectivity index (χ4v) is 2.18. The van der Waals surface area contributed by atoms with Gasteiger partial charge in [0.25, 0.3) is 0 Å². The van der Waals surface area contributed by atoms with Crippen molar-refractivity contribution < 1.29 is 14.3 Å². The van der Waals surface area contributed by atoms with Crippen LogP contribution in [0, 0.1) is 6.92 Å². The third-order valence-electron chi connectivity index (χ3n) is 3.19. The molecule has 106 valence electrons. The Morgan fingerprint density at radius 2 is 2.00 bits per heavy atom. The van der Waals surface area contributed by atoms with Crippen molar-refractivity contribution in [1.29, 1.82) is 0 Å². The Balaban J connectivity index is 1.99. The lowest BCUT2D eigenvalue weighted by Crippen LogP contribution is -2.12. The predicted molar refractivity (Wildman–Crippen MR) is 77.5 cm³/mol. The van der Waals surface area contributed by atoms with Gasteiger partial charge in [-0.2, -0.15) is 0 Å². The lowest BCUT2D eigenvalue weighted by Gasteiger charge is -2.05. The lowest BCUT2D eigenvalue weighted by molar-refractivity contribution is -0.144. The summed E-state index contributed by atoms with van der Waals surface area (Å²) in [5.74, 6) is -0.272. The van der Waals surface area contributed by atoms with Crippen LogP contribution in [0.25, 0.3) is 10.9 Å². The minimum Gasteiger partial charge on any atom is -0.466 e. The van der Waals surface area contributed by atoms with Gasteiger partial charge in [0.2, 0.25) is 0 Å². The molecule has 0 saturated heterocycles. The molecule has 2 aromatic rings. The van der Waals surface area contributed by atoms with Gasteiger partial charge < -0.3 is 9.30 Å². The van der Waals surface area contributed by atoms with Crippen LogP contribution < -0.4 is 0 Å².